The van der Waals surface area contributed by atoms with Crippen LogP contribution < -0.4 is 0 Å². The van der Waals surface area contributed by atoms with Gasteiger partial charge in [-0.15, -0.1) is 0 Å². The second-order valence-corrected chi connectivity index (χ2v) is 6.44. The van der Waals surface area contributed by atoms with Crippen molar-refractivity contribution in [2.75, 3.05) is 0 Å². The summed E-state index contributed by atoms with van der Waals surface area (Å²) in [6.07, 6.45) is 1.17. The summed E-state index contributed by atoms with van der Waals surface area (Å²) in [5.41, 5.74) is 0.747. The molecule has 3 rings (SSSR count). The Balaban J connectivity index is 1.94. The van der Waals surface area contributed by atoms with Crippen molar-refractivity contribution >= 4 is 46.5 Å². The molecule has 1 aliphatic carbocycles. The van der Waals surface area contributed by atoms with Gasteiger partial charge in [0.05, 0.1) is 5.03 Å². The van der Waals surface area contributed by atoms with Crippen LogP contribution in [0.1, 0.15) is 20.7 Å². The number of benzene rings is 2. The molecular formula is C16H8Cl2O2S. The third kappa shape index (κ3) is 2.91. The van der Waals surface area contributed by atoms with E-state index >= 15 is 0 Å². The molecule has 2 aromatic carbocycles. The summed E-state index contributed by atoms with van der Waals surface area (Å²) in [6, 6.07) is 12.6. The minimum atomic E-state index is -0.311. The largest absolute Gasteiger partial charge is 0.289 e. The van der Waals surface area contributed by atoms with Gasteiger partial charge in [0.1, 0.15) is 0 Å². The lowest BCUT2D eigenvalue weighted by molar-refractivity contribution is 0.0990. The molecular weight excluding hydrogens is 327 g/mol. The molecule has 0 atom stereocenters. The predicted molar refractivity (Wildman–Crippen MR) is 84.6 cm³/mol. The second-order valence-electron chi connectivity index (χ2n) is 4.45. The molecule has 0 aromatic heterocycles. The van der Waals surface area contributed by atoms with E-state index in [0.717, 1.165) is 9.79 Å². The first-order valence-electron chi connectivity index (χ1n) is 6.08. The van der Waals surface area contributed by atoms with Crippen LogP contribution >= 0.6 is 35.0 Å². The predicted octanol–water partition coefficient (Wildman–Crippen LogP) is 4.99. The first kappa shape index (κ1) is 14.4. The molecule has 0 unspecified atom stereocenters. The number of ketones is 2. The highest BCUT2D eigenvalue weighted by molar-refractivity contribution is 7.99. The molecule has 5 heteroatoms. The zero-order valence-electron chi connectivity index (χ0n) is 10.6. The Morgan fingerprint density at radius 1 is 0.810 bits per heavy atom. The van der Waals surface area contributed by atoms with Gasteiger partial charge < -0.3 is 0 Å². The molecule has 0 amide bonds. The summed E-state index contributed by atoms with van der Waals surface area (Å²) >= 11 is 13.1. The van der Waals surface area contributed by atoms with E-state index in [1.807, 2.05) is 12.1 Å². The average molecular weight is 335 g/mol. The van der Waals surface area contributed by atoms with Crippen LogP contribution in [-0.2, 0) is 0 Å². The van der Waals surface area contributed by atoms with E-state index in [2.05, 4.69) is 0 Å². The third-order valence-electron chi connectivity index (χ3n) is 3.03. The van der Waals surface area contributed by atoms with Gasteiger partial charge in [-0.05, 0) is 42.5 Å². The Labute approximate surface area is 135 Å². The van der Waals surface area contributed by atoms with E-state index in [0.29, 0.717) is 16.1 Å². The maximum absolute atomic E-state index is 12.0. The topological polar surface area (TPSA) is 34.1 Å². The lowest BCUT2D eigenvalue weighted by Gasteiger charge is -2.12. The number of fused-ring (bicyclic) bond motifs is 1. The lowest BCUT2D eigenvalue weighted by Crippen LogP contribution is -2.14. The maximum atomic E-state index is 12.0. The summed E-state index contributed by atoms with van der Waals surface area (Å²) in [5, 5.41) is 0.635. The average Bonchev–Trinajstić information content (AvgIpc) is 2.47. The van der Waals surface area contributed by atoms with Gasteiger partial charge in [0, 0.05) is 32.0 Å². The SMILES string of the molecule is O=C1C=C(Cl)C(=O)c2ccc(Sc3ccc(Cl)cc3)cc21. The van der Waals surface area contributed by atoms with Crippen molar-refractivity contribution in [2.45, 2.75) is 9.79 Å². The Hall–Kier alpha value is -1.55. The van der Waals surface area contributed by atoms with Gasteiger partial charge in [-0.3, -0.25) is 9.59 Å². The van der Waals surface area contributed by atoms with Crippen molar-refractivity contribution < 1.29 is 9.59 Å². The molecule has 2 aromatic rings. The first-order chi connectivity index (χ1) is 10.0. The number of halogens is 2. The summed E-state index contributed by atoms with van der Waals surface area (Å²) in [4.78, 5) is 25.7. The molecule has 2 nitrogen and oxygen atoms in total. The molecule has 104 valence electrons. The van der Waals surface area contributed by atoms with E-state index in [9.17, 15) is 9.59 Å². The van der Waals surface area contributed by atoms with Crippen LogP contribution in [0.3, 0.4) is 0 Å². The lowest BCUT2D eigenvalue weighted by atomic mass is 9.95. The maximum Gasteiger partial charge on any atom is 0.205 e. The number of Topliss-reactive ketones (excluding diaryl/α,β-unsaturated/α-hetero) is 1. The fourth-order valence-electron chi connectivity index (χ4n) is 2.01. The third-order valence-corrected chi connectivity index (χ3v) is 4.56. The Morgan fingerprint density at radius 2 is 1.48 bits per heavy atom. The summed E-state index contributed by atoms with van der Waals surface area (Å²) in [7, 11) is 0. The fourth-order valence-corrected chi connectivity index (χ4v) is 3.20. The van der Waals surface area contributed by atoms with Crippen molar-refractivity contribution in [3.05, 3.63) is 69.7 Å². The van der Waals surface area contributed by atoms with Crippen LogP contribution in [0, 0.1) is 0 Å². The number of hydrogen-bond acceptors (Lipinski definition) is 3. The molecule has 0 fully saturated rings. The minimum Gasteiger partial charge on any atom is -0.289 e. The Kier molecular flexibility index (Phi) is 3.89. The quantitative estimate of drug-likeness (QED) is 0.775. The van der Waals surface area contributed by atoms with Crippen LogP contribution in [0.25, 0.3) is 0 Å². The number of carbonyl (C=O) groups is 2. The van der Waals surface area contributed by atoms with Crippen molar-refractivity contribution in [2.24, 2.45) is 0 Å². The van der Waals surface area contributed by atoms with E-state index < -0.39 is 0 Å². The normalized spacial score (nSPS) is 13.9. The number of allylic oxidation sites excluding steroid dienone is 2. The highest BCUT2D eigenvalue weighted by atomic mass is 35.5. The fraction of sp³-hybridized carbons (Fsp3) is 0. The molecule has 0 spiro atoms. The van der Waals surface area contributed by atoms with Gasteiger partial charge in [0.25, 0.3) is 0 Å². The van der Waals surface area contributed by atoms with Gasteiger partial charge in [0.15, 0.2) is 5.78 Å². The van der Waals surface area contributed by atoms with E-state index in [-0.39, 0.29) is 16.6 Å². The van der Waals surface area contributed by atoms with Crippen LogP contribution in [0.5, 0.6) is 0 Å². The van der Waals surface area contributed by atoms with Crippen molar-refractivity contribution in [1.29, 1.82) is 0 Å². The standard InChI is InChI=1S/C16H8Cl2O2S/c17-9-1-3-10(4-2-9)21-11-5-6-12-13(7-11)15(19)8-14(18)16(12)20/h1-8H. The molecule has 0 heterocycles. The van der Waals surface area contributed by atoms with Crippen LogP contribution in [0.2, 0.25) is 5.02 Å². The monoisotopic (exact) mass is 334 g/mol. The molecule has 0 bridgehead atoms. The molecule has 0 radical (unpaired) electrons. The minimum absolute atomic E-state index is 0.0365. The molecule has 0 N–H and O–H groups in total. The summed E-state index contributed by atoms with van der Waals surface area (Å²) in [5.74, 6) is -0.553. The highest BCUT2D eigenvalue weighted by Gasteiger charge is 2.24. The van der Waals surface area contributed by atoms with Gasteiger partial charge in [-0.2, -0.15) is 0 Å². The smallest absolute Gasteiger partial charge is 0.205 e. The number of carbonyl (C=O) groups excluding carboxylic acids is 2. The molecule has 0 aliphatic heterocycles. The van der Waals surface area contributed by atoms with Gasteiger partial charge in [-0.25, -0.2) is 0 Å². The molecule has 0 saturated heterocycles. The van der Waals surface area contributed by atoms with Crippen molar-refractivity contribution in [3.8, 4) is 0 Å². The Morgan fingerprint density at radius 3 is 2.19 bits per heavy atom. The van der Waals surface area contributed by atoms with Gasteiger partial charge >= 0.3 is 0 Å². The number of hydrogen-bond donors (Lipinski definition) is 0. The first-order valence-corrected chi connectivity index (χ1v) is 7.65. The summed E-state index contributed by atoms with van der Waals surface area (Å²) < 4.78 is 0. The van der Waals surface area contributed by atoms with Gasteiger partial charge in [-0.1, -0.05) is 35.0 Å². The van der Waals surface area contributed by atoms with E-state index in [1.54, 1.807) is 30.3 Å². The Bertz CT molecular complexity index is 779. The number of rotatable bonds is 2. The van der Waals surface area contributed by atoms with Crippen LogP contribution in [0.4, 0.5) is 0 Å². The highest BCUT2D eigenvalue weighted by Crippen LogP contribution is 2.32. The molecule has 0 saturated carbocycles. The van der Waals surface area contributed by atoms with Crippen molar-refractivity contribution in [3.63, 3.8) is 0 Å². The zero-order valence-corrected chi connectivity index (χ0v) is 12.9. The van der Waals surface area contributed by atoms with E-state index in [1.165, 1.54) is 17.8 Å². The molecule has 21 heavy (non-hydrogen) atoms. The van der Waals surface area contributed by atoms with Crippen LogP contribution in [-0.4, -0.2) is 11.6 Å². The zero-order chi connectivity index (χ0) is 15.0. The van der Waals surface area contributed by atoms with Crippen molar-refractivity contribution in [1.82, 2.24) is 0 Å². The van der Waals surface area contributed by atoms with Gasteiger partial charge in [0.2, 0.25) is 5.78 Å². The van der Waals surface area contributed by atoms with Crippen LogP contribution in [0.15, 0.2) is 63.4 Å². The second kappa shape index (κ2) is 5.68. The summed E-state index contributed by atoms with van der Waals surface area (Å²) in [6.45, 7) is 0. The van der Waals surface area contributed by atoms with E-state index in [4.69, 9.17) is 23.2 Å². The molecule has 1 aliphatic rings.